The summed E-state index contributed by atoms with van der Waals surface area (Å²) < 4.78 is 10.8. The van der Waals surface area contributed by atoms with E-state index in [0.29, 0.717) is 11.7 Å². The van der Waals surface area contributed by atoms with Crippen molar-refractivity contribution < 1.29 is 9.47 Å². The van der Waals surface area contributed by atoms with Crippen LogP contribution < -0.4 is 9.47 Å². The highest BCUT2D eigenvalue weighted by Crippen LogP contribution is 2.41. The van der Waals surface area contributed by atoms with Crippen LogP contribution in [0.2, 0.25) is 0 Å². The molecule has 0 aliphatic heterocycles. The molecule has 1 heterocycles. The van der Waals surface area contributed by atoms with E-state index >= 15 is 0 Å². The number of thiol groups is 1. The molecular weight excluding hydrogens is 290 g/mol. The first-order valence-electron chi connectivity index (χ1n) is 6.44. The fraction of sp³-hybridized carbons (Fsp3) is 0.400. The predicted molar refractivity (Wildman–Crippen MR) is 87.4 cm³/mol. The molecule has 5 heteroatoms. The molecule has 0 saturated heterocycles. The maximum absolute atomic E-state index is 5.49. The first-order chi connectivity index (χ1) is 9.62. The van der Waals surface area contributed by atoms with Gasteiger partial charge in [0.1, 0.15) is 5.01 Å². The van der Waals surface area contributed by atoms with Crippen LogP contribution in [0.15, 0.2) is 18.2 Å². The van der Waals surface area contributed by atoms with E-state index < -0.39 is 0 Å². The van der Waals surface area contributed by atoms with E-state index in [4.69, 9.17) is 14.5 Å². The van der Waals surface area contributed by atoms with Crippen LogP contribution in [0.1, 0.15) is 30.3 Å². The Kier molecular flexibility index (Phi) is 4.94. The van der Waals surface area contributed by atoms with Crippen LogP contribution in [0, 0.1) is 0 Å². The number of hydrogen-bond donors (Lipinski definition) is 1. The summed E-state index contributed by atoms with van der Waals surface area (Å²) in [6.07, 6.45) is 0. The van der Waals surface area contributed by atoms with Gasteiger partial charge in [0.2, 0.25) is 0 Å². The lowest BCUT2D eigenvalue weighted by Crippen LogP contribution is -1.94. The summed E-state index contributed by atoms with van der Waals surface area (Å²) in [7, 11) is 3.29. The number of hydrogen-bond acceptors (Lipinski definition) is 5. The largest absolute Gasteiger partial charge is 0.493 e. The van der Waals surface area contributed by atoms with Crippen LogP contribution >= 0.6 is 24.0 Å². The van der Waals surface area contributed by atoms with E-state index in [2.05, 4.69) is 26.5 Å². The lowest BCUT2D eigenvalue weighted by atomic mass is 10.1. The predicted octanol–water partition coefficient (Wildman–Crippen LogP) is 4.38. The van der Waals surface area contributed by atoms with Gasteiger partial charge in [0.25, 0.3) is 0 Å². The first-order valence-corrected chi connectivity index (χ1v) is 7.89. The van der Waals surface area contributed by atoms with E-state index in [1.165, 1.54) is 4.88 Å². The average Bonchev–Trinajstić information content (AvgIpc) is 2.90. The Hall–Kier alpha value is -1.20. The third-order valence-electron chi connectivity index (χ3n) is 3.05. The number of nitrogens with zero attached hydrogens (tertiary/aromatic N) is 1. The summed E-state index contributed by atoms with van der Waals surface area (Å²) in [6, 6.07) is 5.85. The van der Waals surface area contributed by atoms with Crippen molar-refractivity contribution in [3.05, 3.63) is 28.8 Å². The number of benzene rings is 1. The van der Waals surface area contributed by atoms with Gasteiger partial charge in [-0.1, -0.05) is 19.9 Å². The zero-order chi connectivity index (χ0) is 14.7. The molecule has 0 bridgehead atoms. The summed E-state index contributed by atoms with van der Waals surface area (Å²) >= 11 is 6.07. The SMILES string of the molecule is COc1cccc(-c2nc(C(C)C)c(CS)s2)c1OC. The second kappa shape index (κ2) is 6.50. The minimum atomic E-state index is 0.388. The normalized spacial score (nSPS) is 10.9. The maximum Gasteiger partial charge on any atom is 0.170 e. The Morgan fingerprint density at radius 2 is 2.00 bits per heavy atom. The monoisotopic (exact) mass is 309 g/mol. The summed E-state index contributed by atoms with van der Waals surface area (Å²) in [4.78, 5) is 5.98. The molecule has 20 heavy (non-hydrogen) atoms. The molecule has 0 spiro atoms. The number of methoxy groups -OCH3 is 2. The lowest BCUT2D eigenvalue weighted by molar-refractivity contribution is 0.356. The second-order valence-electron chi connectivity index (χ2n) is 4.68. The van der Waals surface area contributed by atoms with Crippen molar-refractivity contribution >= 4 is 24.0 Å². The highest BCUT2D eigenvalue weighted by molar-refractivity contribution is 7.79. The van der Waals surface area contributed by atoms with Gasteiger partial charge in [0.15, 0.2) is 11.5 Å². The van der Waals surface area contributed by atoms with Crippen molar-refractivity contribution in [1.82, 2.24) is 4.98 Å². The average molecular weight is 309 g/mol. The molecule has 0 aliphatic rings. The van der Waals surface area contributed by atoms with Crippen molar-refractivity contribution in [3.63, 3.8) is 0 Å². The zero-order valence-electron chi connectivity index (χ0n) is 12.1. The van der Waals surface area contributed by atoms with Crippen LogP contribution in [0.4, 0.5) is 0 Å². The van der Waals surface area contributed by atoms with Crippen LogP contribution in [0.3, 0.4) is 0 Å². The van der Waals surface area contributed by atoms with Gasteiger partial charge < -0.3 is 9.47 Å². The fourth-order valence-corrected chi connectivity index (χ4v) is 3.55. The smallest absolute Gasteiger partial charge is 0.170 e. The number of aromatic nitrogens is 1. The third-order valence-corrected chi connectivity index (χ3v) is 4.69. The van der Waals surface area contributed by atoms with E-state index in [1.807, 2.05) is 18.2 Å². The lowest BCUT2D eigenvalue weighted by Gasteiger charge is -2.10. The van der Waals surface area contributed by atoms with E-state index in [9.17, 15) is 0 Å². The van der Waals surface area contributed by atoms with Crippen molar-refractivity contribution in [2.75, 3.05) is 14.2 Å². The molecule has 0 aliphatic carbocycles. The Morgan fingerprint density at radius 3 is 2.50 bits per heavy atom. The van der Waals surface area contributed by atoms with Gasteiger partial charge in [-0.15, -0.1) is 11.3 Å². The maximum atomic E-state index is 5.49. The van der Waals surface area contributed by atoms with Crippen molar-refractivity contribution in [2.45, 2.75) is 25.5 Å². The Bertz CT molecular complexity index is 594. The van der Waals surface area contributed by atoms with Gasteiger partial charge in [-0.2, -0.15) is 12.6 Å². The number of thiazole rings is 1. The number of ether oxygens (including phenoxy) is 2. The molecule has 0 fully saturated rings. The van der Waals surface area contributed by atoms with Gasteiger partial charge in [-0.25, -0.2) is 4.98 Å². The number of rotatable bonds is 5. The van der Waals surface area contributed by atoms with Crippen molar-refractivity contribution in [2.24, 2.45) is 0 Å². The summed E-state index contributed by atoms with van der Waals surface area (Å²) in [6.45, 7) is 4.29. The van der Waals surface area contributed by atoms with Gasteiger partial charge >= 0.3 is 0 Å². The van der Waals surface area contributed by atoms with Gasteiger partial charge in [-0.3, -0.25) is 0 Å². The molecule has 0 saturated carbocycles. The molecule has 0 amide bonds. The quantitative estimate of drug-likeness (QED) is 0.832. The summed E-state index contributed by atoms with van der Waals surface area (Å²) in [5.74, 6) is 2.54. The minimum Gasteiger partial charge on any atom is -0.493 e. The Balaban J connectivity index is 2.57. The third kappa shape index (κ3) is 2.79. The Labute approximate surface area is 129 Å². The second-order valence-corrected chi connectivity index (χ2v) is 6.08. The molecule has 108 valence electrons. The summed E-state index contributed by atoms with van der Waals surface area (Å²) in [5, 5.41) is 0.952. The molecule has 2 rings (SSSR count). The molecule has 0 N–H and O–H groups in total. The molecule has 3 nitrogen and oxygen atoms in total. The fourth-order valence-electron chi connectivity index (χ4n) is 2.10. The topological polar surface area (TPSA) is 31.4 Å². The van der Waals surface area contributed by atoms with E-state index in [1.54, 1.807) is 25.6 Å². The van der Waals surface area contributed by atoms with E-state index in [-0.39, 0.29) is 0 Å². The Morgan fingerprint density at radius 1 is 1.25 bits per heavy atom. The number of para-hydroxylation sites is 1. The van der Waals surface area contributed by atoms with Crippen LogP contribution in [-0.2, 0) is 5.75 Å². The minimum absolute atomic E-state index is 0.388. The highest BCUT2D eigenvalue weighted by atomic mass is 32.1. The highest BCUT2D eigenvalue weighted by Gasteiger charge is 2.18. The molecule has 2 aromatic rings. The zero-order valence-corrected chi connectivity index (χ0v) is 13.8. The van der Waals surface area contributed by atoms with Crippen LogP contribution in [0.25, 0.3) is 10.6 Å². The van der Waals surface area contributed by atoms with Gasteiger partial charge in [0, 0.05) is 10.6 Å². The van der Waals surface area contributed by atoms with Crippen molar-refractivity contribution in [1.29, 1.82) is 0 Å². The van der Waals surface area contributed by atoms with Crippen LogP contribution in [0.5, 0.6) is 11.5 Å². The van der Waals surface area contributed by atoms with Crippen molar-refractivity contribution in [3.8, 4) is 22.1 Å². The standard InChI is InChI=1S/C15H19NO2S2/c1-9(2)13-12(8-19)20-15(16-13)10-6-5-7-11(17-3)14(10)18-4/h5-7,9,19H,8H2,1-4H3. The van der Waals surface area contributed by atoms with Crippen LogP contribution in [-0.4, -0.2) is 19.2 Å². The summed E-state index contributed by atoms with van der Waals surface area (Å²) in [5.41, 5.74) is 2.08. The molecule has 0 atom stereocenters. The van der Waals surface area contributed by atoms with E-state index in [0.717, 1.165) is 27.8 Å². The molecular formula is C15H19NO2S2. The molecule has 1 aromatic heterocycles. The molecule has 1 aromatic carbocycles. The van der Waals surface area contributed by atoms with Gasteiger partial charge in [0.05, 0.1) is 25.5 Å². The van der Waals surface area contributed by atoms with Gasteiger partial charge in [-0.05, 0) is 18.1 Å². The molecule has 0 radical (unpaired) electrons. The molecule has 0 unspecified atom stereocenters. The first kappa shape index (κ1) is 15.2.